The Morgan fingerprint density at radius 2 is 1.00 bits per heavy atom. The van der Waals surface area contributed by atoms with Crippen molar-refractivity contribution in [2.75, 3.05) is 41.0 Å². The molecule has 0 aliphatic rings. The number of quaternary nitrogens is 1. The summed E-state index contributed by atoms with van der Waals surface area (Å²) in [5, 5.41) is 9.58. The average Bonchev–Trinajstić information content (AvgIpc) is 3.08. The van der Waals surface area contributed by atoms with Crippen LogP contribution < -0.4 is 0 Å². The van der Waals surface area contributed by atoms with Crippen LogP contribution in [0.2, 0.25) is 0 Å². The van der Waals surface area contributed by atoms with E-state index in [0.717, 1.165) is 32.1 Å². The van der Waals surface area contributed by atoms with E-state index in [4.69, 9.17) is 14.2 Å². The number of esters is 2. The molecule has 0 aromatic rings. The SMILES string of the molecule is CCCCCC/C=C/CCCC(=O)OC(COCCC(C(=O)O)[N+](C)(C)C)COC(=O)CCCCCCCCCCCCCCCCCCCC. The van der Waals surface area contributed by atoms with Crippen molar-refractivity contribution >= 4 is 17.9 Å². The van der Waals surface area contributed by atoms with Gasteiger partial charge in [-0.2, -0.15) is 0 Å². The third-order valence-corrected chi connectivity index (χ3v) is 9.66. The Labute approximate surface area is 314 Å². The molecule has 0 saturated heterocycles. The third-order valence-electron chi connectivity index (χ3n) is 9.66. The molecule has 0 fully saturated rings. The van der Waals surface area contributed by atoms with Crippen LogP contribution in [0.4, 0.5) is 0 Å². The lowest BCUT2D eigenvalue weighted by molar-refractivity contribution is -0.887. The fourth-order valence-electron chi connectivity index (χ4n) is 6.33. The van der Waals surface area contributed by atoms with Gasteiger partial charge in [0.2, 0.25) is 0 Å². The van der Waals surface area contributed by atoms with Crippen LogP contribution in [0.5, 0.6) is 0 Å². The maximum absolute atomic E-state index is 12.6. The summed E-state index contributed by atoms with van der Waals surface area (Å²) in [5.74, 6) is -1.50. The van der Waals surface area contributed by atoms with Gasteiger partial charge in [-0.15, -0.1) is 0 Å². The predicted octanol–water partition coefficient (Wildman–Crippen LogP) is 11.1. The lowest BCUT2D eigenvalue weighted by atomic mass is 10.0. The molecule has 0 saturated carbocycles. The van der Waals surface area contributed by atoms with Crippen molar-refractivity contribution in [3.05, 3.63) is 12.2 Å². The molecule has 8 heteroatoms. The number of unbranched alkanes of at least 4 members (excludes halogenated alkanes) is 22. The van der Waals surface area contributed by atoms with Gasteiger partial charge in [0.05, 0.1) is 34.4 Å². The van der Waals surface area contributed by atoms with Gasteiger partial charge in [0.15, 0.2) is 12.1 Å². The molecule has 2 atom stereocenters. The smallest absolute Gasteiger partial charge is 0.362 e. The Bertz CT molecular complexity index is 854. The van der Waals surface area contributed by atoms with Crippen LogP contribution in [0.1, 0.15) is 194 Å². The molecular formula is C43H82NO7+. The fraction of sp³-hybridized carbons (Fsp3) is 0.884. The quantitative estimate of drug-likeness (QED) is 0.0293. The minimum absolute atomic E-state index is 0.0549. The molecule has 51 heavy (non-hydrogen) atoms. The van der Waals surface area contributed by atoms with Crippen molar-refractivity contribution in [3.63, 3.8) is 0 Å². The molecule has 0 heterocycles. The van der Waals surface area contributed by atoms with Gasteiger partial charge < -0.3 is 23.8 Å². The van der Waals surface area contributed by atoms with E-state index in [-0.39, 0.29) is 42.7 Å². The first-order valence-corrected chi connectivity index (χ1v) is 21.2. The maximum Gasteiger partial charge on any atom is 0.362 e. The van der Waals surface area contributed by atoms with Crippen molar-refractivity contribution in [1.82, 2.24) is 0 Å². The summed E-state index contributed by atoms with van der Waals surface area (Å²) >= 11 is 0. The Morgan fingerprint density at radius 1 is 0.569 bits per heavy atom. The summed E-state index contributed by atoms with van der Waals surface area (Å²) in [6.07, 6.45) is 35.5. The van der Waals surface area contributed by atoms with E-state index in [1.807, 2.05) is 21.1 Å². The van der Waals surface area contributed by atoms with Crippen molar-refractivity contribution in [3.8, 4) is 0 Å². The molecule has 0 spiro atoms. The number of hydrogen-bond donors (Lipinski definition) is 1. The number of likely N-dealkylation sites (N-methyl/N-ethyl adjacent to an activating group) is 1. The van der Waals surface area contributed by atoms with E-state index in [1.165, 1.54) is 122 Å². The highest BCUT2D eigenvalue weighted by Gasteiger charge is 2.31. The molecule has 0 aromatic carbocycles. The second-order valence-electron chi connectivity index (χ2n) is 15.6. The second kappa shape index (κ2) is 35.1. The van der Waals surface area contributed by atoms with Gasteiger partial charge in [-0.3, -0.25) is 9.59 Å². The number of carbonyl (C=O) groups excluding carboxylic acids is 2. The van der Waals surface area contributed by atoms with Crippen molar-refractivity contribution in [2.45, 2.75) is 206 Å². The molecular weight excluding hydrogens is 642 g/mol. The molecule has 0 aliphatic carbocycles. The summed E-state index contributed by atoms with van der Waals surface area (Å²) in [7, 11) is 5.51. The number of ether oxygens (including phenoxy) is 3. The van der Waals surface area contributed by atoms with Crippen molar-refractivity contribution in [2.24, 2.45) is 0 Å². The number of carboxylic acid groups (broad SMARTS) is 1. The van der Waals surface area contributed by atoms with Gasteiger partial charge in [-0.25, -0.2) is 4.79 Å². The first kappa shape index (κ1) is 49.1. The Morgan fingerprint density at radius 3 is 1.47 bits per heavy atom. The maximum atomic E-state index is 12.6. The van der Waals surface area contributed by atoms with E-state index in [1.54, 1.807) is 0 Å². The van der Waals surface area contributed by atoms with Crippen LogP contribution in [0.15, 0.2) is 12.2 Å². The van der Waals surface area contributed by atoms with Crippen LogP contribution in [-0.4, -0.2) is 80.6 Å². The standard InChI is InChI=1S/C43H81NO7/c1-6-8-10-12-14-16-17-18-19-20-21-22-23-24-26-27-29-31-33-41(45)50-38-39(37-49-36-35-40(43(47)48)44(3,4)5)51-42(46)34-32-30-28-25-15-13-11-9-7-2/h25,28,39-40H,6-24,26-27,29-38H2,1-5H3/p+1/b28-25+. The van der Waals surface area contributed by atoms with Gasteiger partial charge in [0.1, 0.15) is 6.61 Å². The third kappa shape index (κ3) is 33.6. The molecule has 8 nitrogen and oxygen atoms in total. The van der Waals surface area contributed by atoms with Crippen molar-refractivity contribution < 1.29 is 38.2 Å². The van der Waals surface area contributed by atoms with E-state index >= 15 is 0 Å². The van der Waals surface area contributed by atoms with Crippen molar-refractivity contribution in [1.29, 1.82) is 0 Å². The molecule has 0 bridgehead atoms. The Kier molecular flexibility index (Phi) is 33.8. The van der Waals surface area contributed by atoms with E-state index in [0.29, 0.717) is 19.3 Å². The van der Waals surface area contributed by atoms with Gasteiger partial charge in [0.25, 0.3) is 0 Å². The number of carboxylic acids is 1. The molecule has 0 rings (SSSR count). The Balaban J connectivity index is 4.25. The summed E-state index contributed by atoms with van der Waals surface area (Å²) in [6, 6.07) is -0.613. The summed E-state index contributed by atoms with van der Waals surface area (Å²) in [6.45, 7) is 4.69. The lowest BCUT2D eigenvalue weighted by Gasteiger charge is -2.31. The Hall–Kier alpha value is -1.93. The molecule has 0 aliphatic heterocycles. The zero-order valence-electron chi connectivity index (χ0n) is 34.1. The average molecular weight is 725 g/mol. The van der Waals surface area contributed by atoms with Crippen LogP contribution in [0.3, 0.4) is 0 Å². The molecule has 0 amide bonds. The normalized spacial score (nSPS) is 13.0. The van der Waals surface area contributed by atoms with Gasteiger partial charge in [0, 0.05) is 19.3 Å². The molecule has 1 N–H and O–H groups in total. The number of aliphatic carboxylic acids is 1. The summed E-state index contributed by atoms with van der Waals surface area (Å²) < 4.78 is 17.2. The summed E-state index contributed by atoms with van der Waals surface area (Å²) in [5.41, 5.74) is 0. The summed E-state index contributed by atoms with van der Waals surface area (Å²) in [4.78, 5) is 36.8. The van der Waals surface area contributed by atoms with Crippen LogP contribution in [0.25, 0.3) is 0 Å². The largest absolute Gasteiger partial charge is 0.477 e. The highest BCUT2D eigenvalue weighted by Crippen LogP contribution is 2.15. The number of hydrogen-bond acceptors (Lipinski definition) is 6. The highest BCUT2D eigenvalue weighted by molar-refractivity contribution is 5.72. The van der Waals surface area contributed by atoms with Crippen LogP contribution >= 0.6 is 0 Å². The van der Waals surface area contributed by atoms with Gasteiger partial charge in [-0.05, 0) is 32.1 Å². The van der Waals surface area contributed by atoms with Crippen LogP contribution in [0, 0.1) is 0 Å². The number of rotatable bonds is 38. The van der Waals surface area contributed by atoms with Gasteiger partial charge >= 0.3 is 17.9 Å². The number of nitrogens with zero attached hydrogens (tertiary/aromatic N) is 1. The topological polar surface area (TPSA) is 99.1 Å². The number of carbonyl (C=O) groups is 3. The van der Waals surface area contributed by atoms with E-state index < -0.39 is 18.1 Å². The number of allylic oxidation sites excluding steroid dienone is 2. The van der Waals surface area contributed by atoms with Crippen LogP contribution in [-0.2, 0) is 28.6 Å². The molecule has 0 aromatic heterocycles. The molecule has 2 unspecified atom stereocenters. The zero-order chi connectivity index (χ0) is 37.8. The first-order chi connectivity index (χ1) is 24.6. The van der Waals surface area contributed by atoms with Gasteiger partial charge in [-0.1, -0.05) is 154 Å². The molecule has 0 radical (unpaired) electrons. The second-order valence-corrected chi connectivity index (χ2v) is 15.6. The highest BCUT2D eigenvalue weighted by atomic mass is 16.6. The fourth-order valence-corrected chi connectivity index (χ4v) is 6.33. The lowest BCUT2D eigenvalue weighted by Crippen LogP contribution is -2.50. The monoisotopic (exact) mass is 725 g/mol. The first-order valence-electron chi connectivity index (χ1n) is 21.2. The zero-order valence-corrected chi connectivity index (χ0v) is 34.1. The minimum atomic E-state index is -0.877. The van der Waals surface area contributed by atoms with E-state index in [9.17, 15) is 19.5 Å². The minimum Gasteiger partial charge on any atom is -0.477 e. The van der Waals surface area contributed by atoms with E-state index in [2.05, 4.69) is 26.0 Å². The molecule has 300 valence electrons. The predicted molar refractivity (Wildman–Crippen MR) is 211 cm³/mol.